The van der Waals surface area contributed by atoms with Gasteiger partial charge in [0.15, 0.2) is 0 Å². The van der Waals surface area contributed by atoms with E-state index in [4.69, 9.17) is 4.74 Å². The van der Waals surface area contributed by atoms with E-state index in [1.165, 1.54) is 6.92 Å². The molecule has 0 aromatic carbocycles. The maximum absolute atomic E-state index is 10.3. The van der Waals surface area contributed by atoms with E-state index in [9.17, 15) is 4.79 Å². The zero-order chi connectivity index (χ0) is 7.28. The van der Waals surface area contributed by atoms with Crippen molar-refractivity contribution >= 4 is 5.97 Å². The van der Waals surface area contributed by atoms with Crippen molar-refractivity contribution in [2.24, 2.45) is 0 Å². The van der Waals surface area contributed by atoms with Crippen LogP contribution in [0.25, 0.3) is 0 Å². The van der Waals surface area contributed by atoms with Gasteiger partial charge in [0, 0.05) is 6.92 Å². The molecule has 0 fully saturated rings. The third-order valence-corrected chi connectivity index (χ3v) is 1.06. The van der Waals surface area contributed by atoms with Crippen molar-refractivity contribution in [2.45, 2.75) is 39.7 Å². The second-order valence-electron chi connectivity index (χ2n) is 2.21. The van der Waals surface area contributed by atoms with Crippen LogP contribution in [0.5, 0.6) is 0 Å². The van der Waals surface area contributed by atoms with Crippen LogP contribution >= 0.6 is 0 Å². The van der Waals surface area contributed by atoms with Crippen LogP contribution in [-0.2, 0) is 9.53 Å². The van der Waals surface area contributed by atoms with Gasteiger partial charge in [0.25, 0.3) is 0 Å². The predicted molar refractivity (Wildman–Crippen MR) is 36.1 cm³/mol. The lowest BCUT2D eigenvalue weighted by Crippen LogP contribution is -2.11. The molecule has 0 bridgehead atoms. The molecular formula is C7H14O2. The summed E-state index contributed by atoms with van der Waals surface area (Å²) in [6.45, 7) is 5.41. The van der Waals surface area contributed by atoms with Gasteiger partial charge in [0.1, 0.15) is 0 Å². The van der Waals surface area contributed by atoms with Gasteiger partial charge in [-0.2, -0.15) is 0 Å². The van der Waals surface area contributed by atoms with E-state index >= 15 is 0 Å². The first-order chi connectivity index (χ1) is 4.16. The molecule has 0 aromatic heterocycles. The van der Waals surface area contributed by atoms with Crippen molar-refractivity contribution in [1.29, 1.82) is 0 Å². The third-order valence-electron chi connectivity index (χ3n) is 1.06. The number of hydrogen-bond acceptors (Lipinski definition) is 2. The highest BCUT2D eigenvalue weighted by Gasteiger charge is 2.01. The molecule has 9 heavy (non-hydrogen) atoms. The Morgan fingerprint density at radius 3 is 2.56 bits per heavy atom. The first kappa shape index (κ1) is 8.47. The topological polar surface area (TPSA) is 26.3 Å². The monoisotopic (exact) mass is 130 g/mol. The van der Waals surface area contributed by atoms with Crippen LogP contribution in [0.1, 0.15) is 33.6 Å². The summed E-state index contributed by atoms with van der Waals surface area (Å²) in [7, 11) is 0. The van der Waals surface area contributed by atoms with Crippen LogP contribution < -0.4 is 0 Å². The normalized spacial score (nSPS) is 12.8. The Hall–Kier alpha value is -0.530. The second-order valence-corrected chi connectivity index (χ2v) is 2.21. The molecule has 0 aliphatic carbocycles. The molecule has 0 saturated heterocycles. The van der Waals surface area contributed by atoms with Crippen molar-refractivity contribution < 1.29 is 9.53 Å². The zero-order valence-electron chi connectivity index (χ0n) is 6.31. The third kappa shape index (κ3) is 5.34. The number of esters is 1. The number of rotatable bonds is 3. The minimum Gasteiger partial charge on any atom is -0.463 e. The van der Waals surface area contributed by atoms with Crippen molar-refractivity contribution in [1.82, 2.24) is 0 Å². The molecule has 0 radical (unpaired) electrons. The lowest BCUT2D eigenvalue weighted by Gasteiger charge is -2.08. The van der Waals surface area contributed by atoms with Crippen molar-refractivity contribution in [3.8, 4) is 0 Å². The van der Waals surface area contributed by atoms with E-state index in [0.717, 1.165) is 12.8 Å². The summed E-state index contributed by atoms with van der Waals surface area (Å²) >= 11 is 0. The number of ether oxygens (including phenoxy) is 1. The first-order valence-electron chi connectivity index (χ1n) is 3.34. The minimum atomic E-state index is -0.184. The predicted octanol–water partition coefficient (Wildman–Crippen LogP) is 1.74. The average molecular weight is 130 g/mol. The van der Waals surface area contributed by atoms with Crippen molar-refractivity contribution in [3.05, 3.63) is 0 Å². The van der Waals surface area contributed by atoms with E-state index in [-0.39, 0.29) is 12.1 Å². The average Bonchev–Trinajstić information content (AvgIpc) is 1.63. The van der Waals surface area contributed by atoms with Crippen molar-refractivity contribution in [2.75, 3.05) is 0 Å². The summed E-state index contributed by atoms with van der Waals surface area (Å²) in [5.74, 6) is -0.184. The van der Waals surface area contributed by atoms with Gasteiger partial charge >= 0.3 is 5.97 Å². The van der Waals surface area contributed by atoms with Gasteiger partial charge in [0.2, 0.25) is 0 Å². The maximum atomic E-state index is 10.3. The highest BCUT2D eigenvalue weighted by atomic mass is 16.5. The molecule has 0 aliphatic rings. The summed E-state index contributed by atoms with van der Waals surface area (Å²) in [5, 5.41) is 0. The van der Waals surface area contributed by atoms with E-state index in [0.29, 0.717) is 0 Å². The fraction of sp³-hybridized carbons (Fsp3) is 0.857. The molecule has 0 aliphatic heterocycles. The van der Waals surface area contributed by atoms with Crippen LogP contribution in [0.4, 0.5) is 0 Å². The second kappa shape index (κ2) is 4.36. The lowest BCUT2D eigenvalue weighted by atomic mass is 10.2. The smallest absolute Gasteiger partial charge is 0.302 e. The zero-order valence-corrected chi connectivity index (χ0v) is 6.31. The molecule has 2 heteroatoms. The number of carbonyl (C=O) groups is 1. The summed E-state index contributed by atoms with van der Waals surface area (Å²) in [6, 6.07) is 0. The molecule has 0 amide bonds. The Balaban J connectivity index is 3.26. The first-order valence-corrected chi connectivity index (χ1v) is 3.34. The van der Waals surface area contributed by atoms with Crippen LogP contribution in [0.2, 0.25) is 0 Å². The molecule has 0 spiro atoms. The van der Waals surface area contributed by atoms with Gasteiger partial charge in [-0.3, -0.25) is 4.79 Å². The summed E-state index contributed by atoms with van der Waals surface area (Å²) in [5.41, 5.74) is 0. The van der Waals surface area contributed by atoms with E-state index in [1.54, 1.807) is 0 Å². The molecule has 0 aromatic rings. The van der Waals surface area contributed by atoms with Gasteiger partial charge < -0.3 is 4.74 Å². The fourth-order valence-corrected chi connectivity index (χ4v) is 0.749. The summed E-state index contributed by atoms with van der Waals surface area (Å²) in [4.78, 5) is 10.3. The molecule has 0 unspecified atom stereocenters. The number of hydrogen-bond donors (Lipinski definition) is 0. The Kier molecular flexibility index (Phi) is 4.10. The quantitative estimate of drug-likeness (QED) is 0.544. The number of carbonyl (C=O) groups excluding carboxylic acids is 1. The van der Waals surface area contributed by atoms with Gasteiger partial charge in [-0.15, -0.1) is 0 Å². The van der Waals surface area contributed by atoms with Crippen molar-refractivity contribution in [3.63, 3.8) is 0 Å². The Bertz CT molecular complexity index is 88.9. The Morgan fingerprint density at radius 2 is 2.22 bits per heavy atom. The van der Waals surface area contributed by atoms with E-state index in [1.807, 2.05) is 6.92 Å². The molecule has 2 nitrogen and oxygen atoms in total. The molecule has 54 valence electrons. The van der Waals surface area contributed by atoms with Crippen LogP contribution in [0.3, 0.4) is 0 Å². The minimum absolute atomic E-state index is 0.0903. The van der Waals surface area contributed by atoms with Gasteiger partial charge in [-0.25, -0.2) is 0 Å². The summed E-state index contributed by atoms with van der Waals surface area (Å²) in [6.07, 6.45) is 2.11. The van der Waals surface area contributed by atoms with Crippen LogP contribution in [0, 0.1) is 0 Å². The van der Waals surface area contributed by atoms with Gasteiger partial charge in [-0.05, 0) is 13.3 Å². The van der Waals surface area contributed by atoms with Gasteiger partial charge in [0.05, 0.1) is 6.10 Å². The lowest BCUT2D eigenvalue weighted by molar-refractivity contribution is -0.145. The van der Waals surface area contributed by atoms with E-state index < -0.39 is 0 Å². The SMILES string of the molecule is CCC[C@@H](C)OC(C)=O. The summed E-state index contributed by atoms with van der Waals surface area (Å²) < 4.78 is 4.85. The Morgan fingerprint density at radius 1 is 1.67 bits per heavy atom. The fourth-order valence-electron chi connectivity index (χ4n) is 0.749. The maximum Gasteiger partial charge on any atom is 0.302 e. The van der Waals surface area contributed by atoms with Crippen LogP contribution in [-0.4, -0.2) is 12.1 Å². The highest BCUT2D eigenvalue weighted by molar-refractivity contribution is 5.66. The standard InChI is InChI=1S/C7H14O2/c1-4-5-6(2)9-7(3)8/h6H,4-5H2,1-3H3/t6-/m1/s1. The molecular weight excluding hydrogens is 116 g/mol. The van der Waals surface area contributed by atoms with E-state index in [2.05, 4.69) is 6.92 Å². The van der Waals surface area contributed by atoms with Crippen LogP contribution in [0.15, 0.2) is 0 Å². The molecule has 0 heterocycles. The molecule has 0 rings (SSSR count). The molecule has 1 atom stereocenters. The Labute approximate surface area is 56.2 Å². The highest BCUT2D eigenvalue weighted by Crippen LogP contribution is 1.99. The molecule has 0 N–H and O–H groups in total. The van der Waals surface area contributed by atoms with Gasteiger partial charge in [-0.1, -0.05) is 13.3 Å². The molecule has 0 saturated carbocycles. The largest absolute Gasteiger partial charge is 0.463 e.